The number of hydrogen-bond donors (Lipinski definition) is 1. The Balaban J connectivity index is 1.42. The molecule has 0 aromatic heterocycles. The monoisotopic (exact) mass is 378 g/mol. The number of oxime groups is 1. The van der Waals surface area contributed by atoms with E-state index in [2.05, 4.69) is 10.5 Å². The highest BCUT2D eigenvalue weighted by atomic mass is 19.1. The molecule has 0 saturated heterocycles. The van der Waals surface area contributed by atoms with Crippen molar-refractivity contribution in [2.75, 3.05) is 11.9 Å². The van der Waals surface area contributed by atoms with Crippen LogP contribution in [0.5, 0.6) is 5.75 Å². The molecule has 0 aliphatic heterocycles. The molecular weight excluding hydrogens is 359 g/mol. The SMILES string of the molecule is O=C(CO/N=C\c1ccccc1F)Nc1ccc(OCc2ccccc2)cc1. The molecule has 0 radical (unpaired) electrons. The van der Waals surface area contributed by atoms with Crippen LogP contribution in [-0.4, -0.2) is 18.7 Å². The Labute approximate surface area is 162 Å². The zero-order valence-corrected chi connectivity index (χ0v) is 15.0. The van der Waals surface area contributed by atoms with Crippen LogP contribution in [0.25, 0.3) is 0 Å². The largest absolute Gasteiger partial charge is 0.489 e. The van der Waals surface area contributed by atoms with Crippen molar-refractivity contribution in [3.8, 4) is 5.75 Å². The Morgan fingerprint density at radius 3 is 2.43 bits per heavy atom. The number of anilines is 1. The number of amides is 1. The van der Waals surface area contributed by atoms with E-state index in [-0.39, 0.29) is 18.1 Å². The van der Waals surface area contributed by atoms with Crippen LogP contribution in [0.2, 0.25) is 0 Å². The van der Waals surface area contributed by atoms with Gasteiger partial charge in [-0.25, -0.2) is 4.39 Å². The van der Waals surface area contributed by atoms with Crippen LogP contribution in [0.1, 0.15) is 11.1 Å². The predicted octanol–water partition coefficient (Wildman–Crippen LogP) is 4.39. The van der Waals surface area contributed by atoms with Crippen LogP contribution in [-0.2, 0) is 16.2 Å². The van der Waals surface area contributed by atoms with Crippen molar-refractivity contribution in [3.63, 3.8) is 0 Å². The van der Waals surface area contributed by atoms with Gasteiger partial charge in [0.1, 0.15) is 18.2 Å². The summed E-state index contributed by atoms with van der Waals surface area (Å²) in [5.41, 5.74) is 1.97. The number of nitrogens with one attached hydrogen (secondary N) is 1. The minimum absolute atomic E-state index is 0.281. The molecule has 0 aliphatic rings. The van der Waals surface area contributed by atoms with Crippen LogP contribution in [0.3, 0.4) is 0 Å². The summed E-state index contributed by atoms with van der Waals surface area (Å²) in [4.78, 5) is 16.8. The van der Waals surface area contributed by atoms with Gasteiger partial charge < -0.3 is 14.9 Å². The first-order valence-corrected chi connectivity index (χ1v) is 8.67. The van der Waals surface area contributed by atoms with Crippen LogP contribution in [0.4, 0.5) is 10.1 Å². The van der Waals surface area contributed by atoms with Gasteiger partial charge in [0, 0.05) is 11.3 Å². The third kappa shape index (κ3) is 5.95. The molecule has 6 heteroatoms. The fourth-order valence-electron chi connectivity index (χ4n) is 2.34. The van der Waals surface area contributed by atoms with Gasteiger partial charge in [0.15, 0.2) is 6.61 Å². The van der Waals surface area contributed by atoms with Crippen LogP contribution in [0, 0.1) is 5.82 Å². The average molecular weight is 378 g/mol. The van der Waals surface area contributed by atoms with Gasteiger partial charge in [-0.1, -0.05) is 53.7 Å². The van der Waals surface area contributed by atoms with Gasteiger partial charge in [-0.3, -0.25) is 4.79 Å². The lowest BCUT2D eigenvalue weighted by atomic mass is 10.2. The first-order chi connectivity index (χ1) is 13.7. The molecule has 0 aliphatic carbocycles. The van der Waals surface area contributed by atoms with Crippen molar-refractivity contribution in [3.05, 3.63) is 95.8 Å². The molecule has 1 amide bonds. The number of nitrogens with zero attached hydrogens (tertiary/aromatic N) is 1. The molecule has 0 heterocycles. The van der Waals surface area contributed by atoms with Crippen LogP contribution < -0.4 is 10.1 Å². The number of ether oxygens (including phenoxy) is 1. The summed E-state index contributed by atoms with van der Waals surface area (Å²) in [6, 6.07) is 23.0. The van der Waals surface area contributed by atoms with E-state index in [4.69, 9.17) is 9.57 Å². The Kier molecular flexibility index (Phi) is 6.73. The molecule has 0 bridgehead atoms. The first-order valence-electron chi connectivity index (χ1n) is 8.67. The summed E-state index contributed by atoms with van der Waals surface area (Å²) >= 11 is 0. The standard InChI is InChI=1S/C22H19FN2O3/c23-21-9-5-4-8-18(21)14-24-28-16-22(26)25-19-10-12-20(13-11-19)27-15-17-6-2-1-3-7-17/h1-14H,15-16H2,(H,25,26)/b24-14-. The lowest BCUT2D eigenvalue weighted by Crippen LogP contribution is -2.16. The number of carbonyl (C=O) groups excluding carboxylic acids is 1. The average Bonchev–Trinajstić information content (AvgIpc) is 2.73. The minimum Gasteiger partial charge on any atom is -0.489 e. The van der Waals surface area contributed by atoms with Gasteiger partial charge in [-0.15, -0.1) is 0 Å². The van der Waals surface area contributed by atoms with Crippen LogP contribution >= 0.6 is 0 Å². The number of hydrogen-bond acceptors (Lipinski definition) is 4. The van der Waals surface area contributed by atoms with Gasteiger partial charge in [-0.2, -0.15) is 0 Å². The molecule has 0 spiro atoms. The van der Waals surface area contributed by atoms with E-state index in [1.54, 1.807) is 42.5 Å². The van der Waals surface area contributed by atoms with Crippen LogP contribution in [0.15, 0.2) is 84.0 Å². The maximum atomic E-state index is 13.4. The number of rotatable bonds is 8. The second-order valence-corrected chi connectivity index (χ2v) is 5.88. The van der Waals surface area contributed by atoms with E-state index < -0.39 is 5.82 Å². The fourth-order valence-corrected chi connectivity index (χ4v) is 2.34. The Hall–Kier alpha value is -3.67. The highest BCUT2D eigenvalue weighted by Crippen LogP contribution is 2.17. The zero-order valence-electron chi connectivity index (χ0n) is 15.0. The molecule has 28 heavy (non-hydrogen) atoms. The zero-order chi connectivity index (χ0) is 19.6. The van der Waals surface area contributed by atoms with E-state index in [1.807, 2.05) is 30.3 Å². The summed E-state index contributed by atoms with van der Waals surface area (Å²) in [6.45, 7) is 0.192. The third-order valence-corrected chi connectivity index (χ3v) is 3.75. The predicted molar refractivity (Wildman–Crippen MR) is 106 cm³/mol. The van der Waals surface area contributed by atoms with Crippen molar-refractivity contribution < 1.29 is 18.8 Å². The normalized spacial score (nSPS) is 10.6. The van der Waals surface area contributed by atoms with Gasteiger partial charge in [0.2, 0.25) is 0 Å². The highest BCUT2D eigenvalue weighted by molar-refractivity contribution is 5.91. The van der Waals surface area contributed by atoms with E-state index >= 15 is 0 Å². The Morgan fingerprint density at radius 1 is 0.964 bits per heavy atom. The lowest BCUT2D eigenvalue weighted by Gasteiger charge is -2.08. The molecule has 3 aromatic carbocycles. The van der Waals surface area contributed by atoms with Crippen molar-refractivity contribution in [1.82, 2.24) is 0 Å². The molecule has 3 aromatic rings. The van der Waals surface area contributed by atoms with Gasteiger partial charge in [-0.05, 0) is 35.9 Å². The molecule has 0 unspecified atom stereocenters. The summed E-state index contributed by atoms with van der Waals surface area (Å²) in [5.74, 6) is -0.0786. The lowest BCUT2D eigenvalue weighted by molar-refractivity contribution is -0.120. The van der Waals surface area contributed by atoms with Crippen molar-refractivity contribution in [2.24, 2.45) is 5.16 Å². The molecule has 0 atom stereocenters. The number of carbonyl (C=O) groups is 1. The van der Waals surface area contributed by atoms with Gasteiger partial charge >= 0.3 is 0 Å². The second-order valence-electron chi connectivity index (χ2n) is 5.88. The maximum Gasteiger partial charge on any atom is 0.265 e. The van der Waals surface area contributed by atoms with E-state index in [0.717, 1.165) is 5.56 Å². The summed E-state index contributed by atoms with van der Waals surface area (Å²) in [6.07, 6.45) is 1.22. The van der Waals surface area contributed by atoms with Crippen molar-refractivity contribution in [1.29, 1.82) is 0 Å². The van der Waals surface area contributed by atoms with E-state index in [1.165, 1.54) is 12.3 Å². The Morgan fingerprint density at radius 2 is 1.68 bits per heavy atom. The summed E-state index contributed by atoms with van der Waals surface area (Å²) < 4.78 is 19.1. The molecule has 0 saturated carbocycles. The van der Waals surface area contributed by atoms with E-state index in [0.29, 0.717) is 18.0 Å². The van der Waals surface area contributed by atoms with Crippen molar-refractivity contribution >= 4 is 17.8 Å². The molecule has 5 nitrogen and oxygen atoms in total. The first kappa shape index (κ1) is 19.1. The minimum atomic E-state index is -0.408. The smallest absolute Gasteiger partial charge is 0.265 e. The third-order valence-electron chi connectivity index (χ3n) is 3.75. The number of benzene rings is 3. The summed E-state index contributed by atoms with van der Waals surface area (Å²) in [5, 5.41) is 6.29. The molecule has 1 N–H and O–H groups in total. The van der Waals surface area contributed by atoms with Crippen molar-refractivity contribution in [2.45, 2.75) is 6.61 Å². The quantitative estimate of drug-likeness (QED) is 0.467. The fraction of sp³-hybridized carbons (Fsp3) is 0.0909. The van der Waals surface area contributed by atoms with Gasteiger partial charge in [0.05, 0.1) is 6.21 Å². The highest BCUT2D eigenvalue weighted by Gasteiger charge is 2.04. The number of halogens is 1. The molecular formula is C22H19FN2O3. The molecule has 0 fully saturated rings. The molecule has 142 valence electrons. The Bertz CT molecular complexity index is 928. The van der Waals surface area contributed by atoms with E-state index in [9.17, 15) is 9.18 Å². The summed E-state index contributed by atoms with van der Waals surface area (Å²) in [7, 11) is 0. The topological polar surface area (TPSA) is 59.9 Å². The molecule has 3 rings (SSSR count). The maximum absolute atomic E-state index is 13.4. The second kappa shape index (κ2) is 9.87. The van der Waals surface area contributed by atoms with Gasteiger partial charge in [0.25, 0.3) is 5.91 Å².